The number of halogens is 3. The molecule has 3 rings (SSSR count). The van der Waals surface area contributed by atoms with Crippen LogP contribution < -0.4 is 0 Å². The molecule has 1 saturated heterocycles. The fraction of sp³-hybridized carbons (Fsp3) is 0.474. The van der Waals surface area contributed by atoms with Gasteiger partial charge in [-0.2, -0.15) is 13.2 Å². The number of carbonyl (C=O) groups is 1. The number of alkyl halides is 3. The average molecular weight is 414 g/mol. The van der Waals surface area contributed by atoms with Crippen LogP contribution in [0.4, 0.5) is 13.2 Å². The molecule has 28 heavy (non-hydrogen) atoms. The molecule has 1 aromatic heterocycles. The first kappa shape index (κ1) is 20.8. The van der Waals surface area contributed by atoms with E-state index in [9.17, 15) is 23.1 Å². The van der Waals surface area contributed by atoms with Crippen LogP contribution in [0.25, 0.3) is 10.6 Å². The average Bonchev–Trinajstić information content (AvgIpc) is 3.03. The SMILES string of the molecule is COCC1(O)CCN(C(=O)c2sc(-c3ccc(C(F)(F)F)cc3)nc2C)CC1. The lowest BCUT2D eigenvalue weighted by Crippen LogP contribution is -2.48. The van der Waals surface area contributed by atoms with Gasteiger partial charge in [-0.3, -0.25) is 4.79 Å². The summed E-state index contributed by atoms with van der Waals surface area (Å²) in [7, 11) is 1.53. The first-order valence-electron chi connectivity index (χ1n) is 8.79. The first-order chi connectivity index (χ1) is 13.1. The summed E-state index contributed by atoms with van der Waals surface area (Å²) in [6.07, 6.45) is -3.54. The highest BCUT2D eigenvalue weighted by Gasteiger charge is 2.35. The maximum absolute atomic E-state index is 12.9. The summed E-state index contributed by atoms with van der Waals surface area (Å²) in [5.41, 5.74) is -0.562. The number of benzene rings is 1. The summed E-state index contributed by atoms with van der Waals surface area (Å²) in [5.74, 6) is -0.173. The summed E-state index contributed by atoms with van der Waals surface area (Å²) < 4.78 is 43.2. The largest absolute Gasteiger partial charge is 0.416 e. The molecule has 1 aliphatic rings. The van der Waals surface area contributed by atoms with Crippen molar-refractivity contribution < 1.29 is 27.8 Å². The molecule has 0 atom stereocenters. The third-order valence-electron chi connectivity index (χ3n) is 4.84. The quantitative estimate of drug-likeness (QED) is 0.828. The van der Waals surface area contributed by atoms with Gasteiger partial charge in [0.1, 0.15) is 9.88 Å². The van der Waals surface area contributed by atoms with Crippen molar-refractivity contribution in [3.63, 3.8) is 0 Å². The van der Waals surface area contributed by atoms with Gasteiger partial charge in [0, 0.05) is 25.8 Å². The topological polar surface area (TPSA) is 62.7 Å². The number of likely N-dealkylation sites (tertiary alicyclic amines) is 1. The molecule has 0 bridgehead atoms. The molecule has 0 radical (unpaired) electrons. The van der Waals surface area contributed by atoms with Crippen LogP contribution in [-0.4, -0.2) is 53.3 Å². The van der Waals surface area contributed by atoms with E-state index in [2.05, 4.69) is 4.98 Å². The second kappa shape index (κ2) is 7.81. The van der Waals surface area contributed by atoms with E-state index in [4.69, 9.17) is 4.74 Å². The van der Waals surface area contributed by atoms with Gasteiger partial charge in [-0.1, -0.05) is 12.1 Å². The summed E-state index contributed by atoms with van der Waals surface area (Å²) in [5, 5.41) is 10.9. The Morgan fingerprint density at radius 2 is 1.89 bits per heavy atom. The number of hydrogen-bond acceptors (Lipinski definition) is 5. The van der Waals surface area contributed by atoms with Crippen LogP contribution >= 0.6 is 11.3 Å². The molecule has 2 heterocycles. The molecule has 152 valence electrons. The van der Waals surface area contributed by atoms with Gasteiger partial charge < -0.3 is 14.7 Å². The van der Waals surface area contributed by atoms with E-state index >= 15 is 0 Å². The maximum atomic E-state index is 12.9. The third-order valence-corrected chi connectivity index (χ3v) is 6.04. The number of thiazole rings is 1. The van der Waals surface area contributed by atoms with Crippen molar-refractivity contribution >= 4 is 17.2 Å². The molecule has 1 aliphatic heterocycles. The number of hydrogen-bond donors (Lipinski definition) is 1. The van der Waals surface area contributed by atoms with Crippen LogP contribution in [0, 0.1) is 6.92 Å². The van der Waals surface area contributed by atoms with E-state index in [0.29, 0.717) is 47.1 Å². The van der Waals surface area contributed by atoms with Crippen molar-refractivity contribution in [3.05, 3.63) is 40.4 Å². The highest BCUT2D eigenvalue weighted by molar-refractivity contribution is 7.17. The fourth-order valence-electron chi connectivity index (χ4n) is 3.20. The van der Waals surface area contributed by atoms with Crippen molar-refractivity contribution in [2.45, 2.75) is 31.5 Å². The number of carbonyl (C=O) groups excluding carboxylic acids is 1. The number of aromatic nitrogens is 1. The van der Waals surface area contributed by atoms with Crippen molar-refractivity contribution in [2.75, 3.05) is 26.8 Å². The highest BCUT2D eigenvalue weighted by atomic mass is 32.1. The Bertz CT molecular complexity index is 841. The van der Waals surface area contributed by atoms with Gasteiger partial charge >= 0.3 is 6.18 Å². The smallest absolute Gasteiger partial charge is 0.387 e. The van der Waals surface area contributed by atoms with E-state index in [-0.39, 0.29) is 12.5 Å². The molecule has 1 N–H and O–H groups in total. The monoisotopic (exact) mass is 414 g/mol. The van der Waals surface area contributed by atoms with E-state index in [1.165, 1.54) is 30.6 Å². The number of aliphatic hydroxyl groups is 1. The van der Waals surface area contributed by atoms with Gasteiger partial charge in [0.25, 0.3) is 5.91 Å². The molecule has 1 fully saturated rings. The minimum Gasteiger partial charge on any atom is -0.387 e. The van der Waals surface area contributed by atoms with Gasteiger partial charge in [0.05, 0.1) is 23.5 Å². The summed E-state index contributed by atoms with van der Waals surface area (Å²) in [4.78, 5) is 19.4. The van der Waals surface area contributed by atoms with Crippen LogP contribution in [0.3, 0.4) is 0 Å². The minimum absolute atomic E-state index is 0.173. The summed E-state index contributed by atoms with van der Waals surface area (Å²) in [6, 6.07) is 4.74. The minimum atomic E-state index is -4.39. The number of rotatable bonds is 4. The van der Waals surface area contributed by atoms with Crippen LogP contribution in [0.15, 0.2) is 24.3 Å². The van der Waals surface area contributed by atoms with Crippen molar-refractivity contribution in [1.29, 1.82) is 0 Å². The first-order valence-corrected chi connectivity index (χ1v) is 9.60. The van der Waals surface area contributed by atoms with Gasteiger partial charge in [0.15, 0.2) is 0 Å². The predicted octanol–water partition coefficient (Wildman–Crippen LogP) is 3.75. The van der Waals surface area contributed by atoms with Gasteiger partial charge in [-0.25, -0.2) is 4.98 Å². The highest BCUT2D eigenvalue weighted by Crippen LogP contribution is 2.34. The van der Waals surface area contributed by atoms with Gasteiger partial charge in [0.2, 0.25) is 0 Å². The molecule has 1 aromatic carbocycles. The predicted molar refractivity (Wildman–Crippen MR) is 99.3 cm³/mol. The Kier molecular flexibility index (Phi) is 5.79. The lowest BCUT2D eigenvalue weighted by Gasteiger charge is -2.37. The normalized spacial score (nSPS) is 17.0. The van der Waals surface area contributed by atoms with Crippen molar-refractivity contribution in [2.24, 2.45) is 0 Å². The van der Waals surface area contributed by atoms with E-state index in [1.54, 1.807) is 11.8 Å². The number of nitrogens with zero attached hydrogens (tertiary/aromatic N) is 2. The van der Waals surface area contributed by atoms with E-state index in [0.717, 1.165) is 12.1 Å². The Morgan fingerprint density at radius 3 is 2.43 bits per heavy atom. The zero-order valence-corrected chi connectivity index (χ0v) is 16.4. The van der Waals surface area contributed by atoms with Crippen molar-refractivity contribution in [3.8, 4) is 10.6 Å². The van der Waals surface area contributed by atoms with Crippen LogP contribution in [0.5, 0.6) is 0 Å². The molecule has 9 heteroatoms. The number of aryl methyl sites for hydroxylation is 1. The number of methoxy groups -OCH3 is 1. The number of piperidine rings is 1. The molecule has 0 spiro atoms. The standard InChI is InChI=1S/C19H21F3N2O3S/c1-12-15(17(25)24-9-7-18(26,8-10-24)11-27-2)28-16(23-12)13-3-5-14(6-4-13)19(20,21)22/h3-6,26H,7-11H2,1-2H3. The van der Waals surface area contributed by atoms with E-state index in [1.807, 2.05) is 0 Å². The van der Waals surface area contributed by atoms with Crippen LogP contribution in [0.2, 0.25) is 0 Å². The van der Waals surface area contributed by atoms with Crippen LogP contribution in [0.1, 0.15) is 33.8 Å². The molecule has 5 nitrogen and oxygen atoms in total. The molecular weight excluding hydrogens is 393 g/mol. The van der Waals surface area contributed by atoms with Gasteiger partial charge in [-0.15, -0.1) is 11.3 Å². The lowest BCUT2D eigenvalue weighted by molar-refractivity contribution is -0.137. The van der Waals surface area contributed by atoms with Crippen molar-refractivity contribution in [1.82, 2.24) is 9.88 Å². The molecule has 1 amide bonds. The number of ether oxygens (including phenoxy) is 1. The molecule has 0 aliphatic carbocycles. The zero-order valence-electron chi connectivity index (χ0n) is 15.5. The summed E-state index contributed by atoms with van der Waals surface area (Å²) >= 11 is 1.17. The Hall–Kier alpha value is -1.97. The Balaban J connectivity index is 1.75. The zero-order chi connectivity index (χ0) is 20.5. The molecule has 0 unspecified atom stereocenters. The number of amides is 1. The summed E-state index contributed by atoms with van der Waals surface area (Å²) in [6.45, 7) is 2.76. The maximum Gasteiger partial charge on any atom is 0.416 e. The lowest BCUT2D eigenvalue weighted by atomic mass is 9.92. The second-order valence-electron chi connectivity index (χ2n) is 6.96. The fourth-order valence-corrected chi connectivity index (χ4v) is 4.24. The van der Waals surface area contributed by atoms with Gasteiger partial charge in [-0.05, 0) is 31.9 Å². The Morgan fingerprint density at radius 1 is 1.29 bits per heavy atom. The third kappa shape index (κ3) is 4.37. The molecular formula is C19H21F3N2O3S. The van der Waals surface area contributed by atoms with Crippen LogP contribution in [-0.2, 0) is 10.9 Å². The Labute approximate surface area is 164 Å². The molecule has 2 aromatic rings. The molecule has 0 saturated carbocycles. The second-order valence-corrected chi connectivity index (χ2v) is 7.96. The van der Waals surface area contributed by atoms with E-state index < -0.39 is 17.3 Å².